The van der Waals surface area contributed by atoms with Crippen molar-refractivity contribution < 1.29 is 22.7 Å². The molecular weight excluding hydrogens is 394 g/mol. The zero-order chi connectivity index (χ0) is 21.6. The molecule has 1 atom stereocenters. The summed E-state index contributed by atoms with van der Waals surface area (Å²) in [6, 6.07) is 11.5. The van der Waals surface area contributed by atoms with Crippen molar-refractivity contribution in [1.82, 2.24) is 10.2 Å². The summed E-state index contributed by atoms with van der Waals surface area (Å²) in [5.41, 5.74) is 1.78. The molecule has 0 saturated carbocycles. The van der Waals surface area contributed by atoms with Gasteiger partial charge in [0.15, 0.2) is 11.5 Å². The quantitative estimate of drug-likeness (QED) is 0.637. The van der Waals surface area contributed by atoms with Gasteiger partial charge < -0.3 is 14.8 Å². The summed E-state index contributed by atoms with van der Waals surface area (Å²) < 4.78 is 33.2. The first kappa shape index (κ1) is 22.7. The van der Waals surface area contributed by atoms with Gasteiger partial charge in [0.1, 0.15) is 0 Å². The lowest BCUT2D eigenvalue weighted by Crippen LogP contribution is -2.36. The van der Waals surface area contributed by atoms with Gasteiger partial charge in [0.25, 0.3) is 0 Å². The number of sulfonamides is 1. The van der Waals surface area contributed by atoms with Crippen LogP contribution in [0.2, 0.25) is 0 Å². The Kier molecular flexibility index (Phi) is 7.60. The number of hydrogen-bond acceptors (Lipinski definition) is 6. The number of primary sulfonamides is 1. The number of methoxy groups -OCH3 is 2. The molecular formula is C20H27N3O5S. The minimum absolute atomic E-state index is 0.0365. The second-order valence-corrected chi connectivity index (χ2v) is 8.33. The van der Waals surface area contributed by atoms with Gasteiger partial charge in [-0.05, 0) is 49.4 Å². The van der Waals surface area contributed by atoms with E-state index in [9.17, 15) is 13.2 Å². The molecule has 2 rings (SSSR count). The average molecular weight is 422 g/mol. The SMILES string of the molecule is COc1ccc(CN(C)CC(=O)N[C@@H](C)c2ccc(S(N)(=O)=O)cc2)cc1OC. The highest BCUT2D eigenvalue weighted by Crippen LogP contribution is 2.27. The minimum Gasteiger partial charge on any atom is -0.493 e. The zero-order valence-corrected chi connectivity index (χ0v) is 17.8. The maximum atomic E-state index is 12.4. The predicted molar refractivity (Wildman–Crippen MR) is 110 cm³/mol. The van der Waals surface area contributed by atoms with E-state index in [1.807, 2.05) is 37.1 Å². The molecule has 0 aliphatic rings. The van der Waals surface area contributed by atoms with E-state index in [0.717, 1.165) is 11.1 Å². The number of carbonyl (C=O) groups is 1. The molecule has 2 aromatic carbocycles. The lowest BCUT2D eigenvalue weighted by molar-refractivity contribution is -0.122. The van der Waals surface area contributed by atoms with Crippen LogP contribution in [0.15, 0.2) is 47.4 Å². The number of likely N-dealkylation sites (N-methyl/N-ethyl adjacent to an activating group) is 1. The van der Waals surface area contributed by atoms with Gasteiger partial charge in [-0.2, -0.15) is 0 Å². The molecule has 9 heteroatoms. The van der Waals surface area contributed by atoms with Gasteiger partial charge in [0.2, 0.25) is 15.9 Å². The Morgan fingerprint density at radius 2 is 1.72 bits per heavy atom. The summed E-state index contributed by atoms with van der Waals surface area (Å²) in [5.74, 6) is 1.15. The average Bonchev–Trinajstić information content (AvgIpc) is 2.66. The third-order valence-corrected chi connectivity index (χ3v) is 5.33. The third-order valence-electron chi connectivity index (χ3n) is 4.40. The van der Waals surface area contributed by atoms with E-state index < -0.39 is 10.0 Å². The van der Waals surface area contributed by atoms with Crippen LogP contribution in [0.3, 0.4) is 0 Å². The third kappa shape index (κ3) is 6.45. The summed E-state index contributed by atoms with van der Waals surface area (Å²) in [4.78, 5) is 14.3. The maximum absolute atomic E-state index is 12.4. The number of carbonyl (C=O) groups excluding carboxylic acids is 1. The summed E-state index contributed by atoms with van der Waals surface area (Å²) >= 11 is 0. The first-order chi connectivity index (χ1) is 13.6. The van der Waals surface area contributed by atoms with Gasteiger partial charge >= 0.3 is 0 Å². The van der Waals surface area contributed by atoms with E-state index in [2.05, 4.69) is 5.32 Å². The number of nitrogens with one attached hydrogen (secondary N) is 1. The number of nitrogens with zero attached hydrogens (tertiary/aromatic N) is 1. The summed E-state index contributed by atoms with van der Waals surface area (Å²) in [5, 5.41) is 8.00. The van der Waals surface area contributed by atoms with Crippen molar-refractivity contribution in [2.45, 2.75) is 24.4 Å². The van der Waals surface area contributed by atoms with Gasteiger partial charge in [-0.3, -0.25) is 9.69 Å². The lowest BCUT2D eigenvalue weighted by atomic mass is 10.1. The number of amides is 1. The first-order valence-corrected chi connectivity index (χ1v) is 10.5. The van der Waals surface area contributed by atoms with Crippen LogP contribution in [0.4, 0.5) is 0 Å². The van der Waals surface area contributed by atoms with Crippen molar-refractivity contribution in [2.75, 3.05) is 27.8 Å². The fraction of sp³-hybridized carbons (Fsp3) is 0.350. The topological polar surface area (TPSA) is 111 Å². The van der Waals surface area contributed by atoms with Crippen molar-refractivity contribution in [2.24, 2.45) is 5.14 Å². The highest BCUT2D eigenvalue weighted by Gasteiger charge is 2.14. The highest BCUT2D eigenvalue weighted by molar-refractivity contribution is 7.89. The van der Waals surface area contributed by atoms with Gasteiger partial charge in [-0.1, -0.05) is 18.2 Å². The molecule has 0 aliphatic heterocycles. The first-order valence-electron chi connectivity index (χ1n) is 8.95. The normalized spacial score (nSPS) is 12.5. The Hall–Kier alpha value is -2.62. The molecule has 8 nitrogen and oxygen atoms in total. The Balaban J connectivity index is 1.92. The van der Waals surface area contributed by atoms with Crippen LogP contribution in [-0.4, -0.2) is 47.0 Å². The van der Waals surface area contributed by atoms with Crippen molar-refractivity contribution in [3.8, 4) is 11.5 Å². The molecule has 0 heterocycles. The zero-order valence-electron chi connectivity index (χ0n) is 17.0. The van der Waals surface area contributed by atoms with Crippen LogP contribution in [-0.2, 0) is 21.4 Å². The largest absolute Gasteiger partial charge is 0.493 e. The summed E-state index contributed by atoms with van der Waals surface area (Å²) in [7, 11) is 1.27. The van der Waals surface area contributed by atoms with E-state index in [1.54, 1.807) is 26.4 Å². The highest BCUT2D eigenvalue weighted by atomic mass is 32.2. The van der Waals surface area contributed by atoms with Gasteiger partial charge in [0, 0.05) is 6.54 Å². The van der Waals surface area contributed by atoms with Gasteiger partial charge in [-0.15, -0.1) is 0 Å². The van der Waals surface area contributed by atoms with Crippen LogP contribution in [0.25, 0.3) is 0 Å². The molecule has 3 N–H and O–H groups in total. The van der Waals surface area contributed by atoms with Crippen LogP contribution >= 0.6 is 0 Å². The summed E-state index contributed by atoms with van der Waals surface area (Å²) in [6.07, 6.45) is 0. The van der Waals surface area contributed by atoms with Crippen molar-refractivity contribution in [3.63, 3.8) is 0 Å². The molecule has 0 saturated heterocycles. The molecule has 0 spiro atoms. The van der Waals surface area contributed by atoms with E-state index in [-0.39, 0.29) is 23.4 Å². The fourth-order valence-electron chi connectivity index (χ4n) is 2.91. The Morgan fingerprint density at radius 3 is 2.28 bits per heavy atom. The predicted octanol–water partition coefficient (Wildman–Crippen LogP) is 1.66. The molecule has 0 bridgehead atoms. The van der Waals surface area contributed by atoms with E-state index in [1.165, 1.54) is 12.1 Å². The van der Waals surface area contributed by atoms with E-state index in [4.69, 9.17) is 14.6 Å². The van der Waals surface area contributed by atoms with Crippen LogP contribution in [0.1, 0.15) is 24.1 Å². The van der Waals surface area contributed by atoms with Crippen molar-refractivity contribution in [3.05, 3.63) is 53.6 Å². The molecule has 2 aromatic rings. The molecule has 0 aliphatic carbocycles. The summed E-state index contributed by atoms with van der Waals surface area (Å²) in [6.45, 7) is 2.59. The molecule has 29 heavy (non-hydrogen) atoms. The Morgan fingerprint density at radius 1 is 1.10 bits per heavy atom. The Bertz CT molecular complexity index is 945. The van der Waals surface area contributed by atoms with E-state index >= 15 is 0 Å². The van der Waals surface area contributed by atoms with Crippen LogP contribution < -0.4 is 19.9 Å². The number of ether oxygens (including phenoxy) is 2. The Labute approximate surface area is 171 Å². The van der Waals surface area contributed by atoms with E-state index in [0.29, 0.717) is 18.0 Å². The smallest absolute Gasteiger partial charge is 0.238 e. The van der Waals surface area contributed by atoms with Gasteiger partial charge in [-0.25, -0.2) is 13.6 Å². The number of benzene rings is 2. The number of hydrogen-bond donors (Lipinski definition) is 2. The van der Waals surface area contributed by atoms with Gasteiger partial charge in [0.05, 0.1) is 31.7 Å². The lowest BCUT2D eigenvalue weighted by Gasteiger charge is -2.20. The van der Waals surface area contributed by atoms with Crippen LogP contribution in [0, 0.1) is 0 Å². The maximum Gasteiger partial charge on any atom is 0.238 e. The molecule has 1 amide bonds. The number of rotatable bonds is 9. The second kappa shape index (κ2) is 9.73. The second-order valence-electron chi connectivity index (χ2n) is 6.76. The van der Waals surface area contributed by atoms with Crippen molar-refractivity contribution in [1.29, 1.82) is 0 Å². The molecule has 0 aromatic heterocycles. The standard InChI is InChI=1S/C20H27N3O5S/c1-14(16-6-8-17(9-7-16)29(21,25)26)22-20(24)13-23(2)12-15-5-10-18(27-3)19(11-15)28-4/h5-11,14H,12-13H2,1-4H3,(H,22,24)(H2,21,25,26)/t14-/m0/s1. The monoisotopic (exact) mass is 421 g/mol. The molecule has 0 unspecified atom stereocenters. The number of nitrogens with two attached hydrogens (primary N) is 1. The minimum atomic E-state index is -3.73. The fourth-order valence-corrected chi connectivity index (χ4v) is 3.42. The van der Waals surface area contributed by atoms with Crippen LogP contribution in [0.5, 0.6) is 11.5 Å². The van der Waals surface area contributed by atoms with Crippen molar-refractivity contribution >= 4 is 15.9 Å². The molecule has 0 fully saturated rings. The molecule has 0 radical (unpaired) electrons. The molecule has 158 valence electrons.